The summed E-state index contributed by atoms with van der Waals surface area (Å²) in [6.45, 7) is 2.50. The van der Waals surface area contributed by atoms with Crippen LogP contribution in [0, 0.1) is 0 Å². The van der Waals surface area contributed by atoms with Gasteiger partial charge >= 0.3 is 0 Å². The van der Waals surface area contributed by atoms with Crippen molar-refractivity contribution in [3.8, 4) is 0 Å². The molecular weight excluding hydrogens is 228 g/mol. The number of aromatic amines is 1. The van der Waals surface area contributed by atoms with E-state index >= 15 is 0 Å². The first kappa shape index (κ1) is 11.2. The van der Waals surface area contributed by atoms with E-state index in [0.717, 1.165) is 13.1 Å². The highest BCUT2D eigenvalue weighted by Gasteiger charge is 2.11. The van der Waals surface area contributed by atoms with Crippen molar-refractivity contribution in [2.45, 2.75) is 25.9 Å². The minimum atomic E-state index is 0.625. The summed E-state index contributed by atoms with van der Waals surface area (Å²) < 4.78 is 0. The Morgan fingerprint density at radius 1 is 1.28 bits per heavy atom. The Hall–Kier alpha value is -1.95. The molecule has 0 saturated heterocycles. The number of hydrogen-bond donors (Lipinski definition) is 3. The van der Waals surface area contributed by atoms with Crippen molar-refractivity contribution in [1.82, 2.24) is 25.9 Å². The fraction of sp³-hybridized carbons (Fsp3) is 0.417. The number of tetrazole rings is 1. The van der Waals surface area contributed by atoms with Gasteiger partial charge in [0.15, 0.2) is 5.82 Å². The Kier molecular flexibility index (Phi) is 3.18. The van der Waals surface area contributed by atoms with Crippen LogP contribution in [0.4, 0.5) is 5.69 Å². The highest BCUT2D eigenvalue weighted by molar-refractivity contribution is 5.59. The van der Waals surface area contributed by atoms with Gasteiger partial charge in [-0.2, -0.15) is 5.21 Å². The maximum absolute atomic E-state index is 3.91. The second-order valence-corrected chi connectivity index (χ2v) is 4.41. The van der Waals surface area contributed by atoms with E-state index in [1.54, 1.807) is 0 Å². The quantitative estimate of drug-likeness (QED) is 0.743. The van der Waals surface area contributed by atoms with Gasteiger partial charge in [0, 0.05) is 18.8 Å². The van der Waals surface area contributed by atoms with Gasteiger partial charge in [-0.05, 0) is 24.0 Å². The summed E-state index contributed by atoms with van der Waals surface area (Å²) in [5.74, 6) is 0.688. The third-order valence-corrected chi connectivity index (χ3v) is 3.15. The molecule has 0 bridgehead atoms. The summed E-state index contributed by atoms with van der Waals surface area (Å²) in [6, 6.07) is 6.47. The number of rotatable bonds is 4. The van der Waals surface area contributed by atoms with Gasteiger partial charge in [-0.25, -0.2) is 0 Å². The van der Waals surface area contributed by atoms with E-state index in [0.29, 0.717) is 12.4 Å². The normalized spacial score (nSPS) is 14.0. The minimum Gasteiger partial charge on any atom is -0.385 e. The number of para-hydroxylation sites is 1. The van der Waals surface area contributed by atoms with Crippen molar-refractivity contribution < 1.29 is 0 Å². The summed E-state index contributed by atoms with van der Waals surface area (Å²) in [5, 5.41) is 20.6. The first-order valence-electron chi connectivity index (χ1n) is 6.21. The van der Waals surface area contributed by atoms with Gasteiger partial charge in [-0.1, -0.05) is 23.4 Å². The molecule has 6 heteroatoms. The van der Waals surface area contributed by atoms with E-state index in [2.05, 4.69) is 49.5 Å². The monoisotopic (exact) mass is 244 g/mol. The Labute approximate surface area is 105 Å². The number of anilines is 1. The van der Waals surface area contributed by atoms with Gasteiger partial charge in [0.1, 0.15) is 0 Å². The molecule has 0 fully saturated rings. The first-order chi connectivity index (χ1) is 8.93. The van der Waals surface area contributed by atoms with Crippen LogP contribution in [0.3, 0.4) is 0 Å². The molecule has 0 amide bonds. The van der Waals surface area contributed by atoms with Crippen LogP contribution in [0.5, 0.6) is 0 Å². The molecule has 2 aromatic rings. The van der Waals surface area contributed by atoms with Gasteiger partial charge in [-0.3, -0.25) is 0 Å². The topological polar surface area (TPSA) is 78.5 Å². The molecule has 1 aromatic carbocycles. The Bertz CT molecular complexity index is 507. The molecule has 94 valence electrons. The number of benzene rings is 1. The lowest BCUT2D eigenvalue weighted by Crippen LogP contribution is -2.18. The zero-order chi connectivity index (χ0) is 12.2. The summed E-state index contributed by atoms with van der Waals surface area (Å²) in [5.41, 5.74) is 4.01. The van der Waals surface area contributed by atoms with E-state index in [4.69, 9.17) is 0 Å². The number of nitrogens with zero attached hydrogens (tertiary/aromatic N) is 3. The molecule has 6 nitrogen and oxygen atoms in total. The highest BCUT2D eigenvalue weighted by atomic mass is 15.5. The van der Waals surface area contributed by atoms with Crippen molar-refractivity contribution in [1.29, 1.82) is 0 Å². The van der Waals surface area contributed by atoms with Crippen molar-refractivity contribution in [3.63, 3.8) is 0 Å². The van der Waals surface area contributed by atoms with Gasteiger partial charge in [0.2, 0.25) is 0 Å². The average molecular weight is 244 g/mol. The molecule has 0 radical (unpaired) electrons. The first-order valence-corrected chi connectivity index (χ1v) is 6.21. The van der Waals surface area contributed by atoms with E-state index in [1.165, 1.54) is 29.7 Å². The maximum atomic E-state index is 3.91. The Morgan fingerprint density at radius 2 is 2.28 bits per heavy atom. The van der Waals surface area contributed by atoms with E-state index < -0.39 is 0 Å². The number of H-pyrrole nitrogens is 1. The Balaban J connectivity index is 1.65. The van der Waals surface area contributed by atoms with Crippen LogP contribution in [-0.4, -0.2) is 27.2 Å². The largest absolute Gasteiger partial charge is 0.385 e. The summed E-state index contributed by atoms with van der Waals surface area (Å²) in [4.78, 5) is 0. The predicted octanol–water partition coefficient (Wildman–Crippen LogP) is 0.848. The molecule has 0 saturated carbocycles. The predicted molar refractivity (Wildman–Crippen MR) is 68.0 cm³/mol. The summed E-state index contributed by atoms with van der Waals surface area (Å²) in [6.07, 6.45) is 2.38. The third kappa shape index (κ3) is 2.33. The van der Waals surface area contributed by atoms with Crippen LogP contribution in [0.15, 0.2) is 18.2 Å². The molecule has 3 rings (SSSR count). The van der Waals surface area contributed by atoms with E-state index in [9.17, 15) is 0 Å². The average Bonchev–Trinajstić information content (AvgIpc) is 2.92. The molecule has 1 aliphatic heterocycles. The lowest BCUT2D eigenvalue weighted by molar-refractivity contribution is 0.662. The fourth-order valence-corrected chi connectivity index (χ4v) is 2.29. The molecule has 0 spiro atoms. The summed E-state index contributed by atoms with van der Waals surface area (Å²) >= 11 is 0. The van der Waals surface area contributed by atoms with Crippen molar-refractivity contribution in [2.75, 3.05) is 11.9 Å². The molecule has 0 atom stereocenters. The lowest BCUT2D eigenvalue weighted by Gasteiger charge is -2.21. The second kappa shape index (κ2) is 5.14. The van der Waals surface area contributed by atoms with E-state index in [1.807, 2.05) is 0 Å². The molecule has 18 heavy (non-hydrogen) atoms. The highest BCUT2D eigenvalue weighted by Crippen LogP contribution is 2.25. The minimum absolute atomic E-state index is 0.625. The van der Waals surface area contributed by atoms with Crippen LogP contribution >= 0.6 is 0 Å². The number of aromatic nitrogens is 4. The van der Waals surface area contributed by atoms with Crippen LogP contribution < -0.4 is 10.6 Å². The van der Waals surface area contributed by atoms with Crippen molar-refractivity contribution >= 4 is 5.69 Å². The van der Waals surface area contributed by atoms with Crippen molar-refractivity contribution in [3.05, 3.63) is 35.2 Å². The van der Waals surface area contributed by atoms with Crippen LogP contribution in [0.25, 0.3) is 0 Å². The van der Waals surface area contributed by atoms with Crippen LogP contribution in [-0.2, 0) is 19.5 Å². The smallest absolute Gasteiger partial charge is 0.188 e. The number of hydrogen-bond acceptors (Lipinski definition) is 5. The van der Waals surface area contributed by atoms with Gasteiger partial charge in [0.05, 0.1) is 6.54 Å². The SMILES string of the molecule is c1cc2c(c(CNCc3nn[nH]n3)c1)NCCC2. The number of fused-ring (bicyclic) bond motifs is 1. The summed E-state index contributed by atoms with van der Waals surface area (Å²) in [7, 11) is 0. The van der Waals surface area contributed by atoms with E-state index in [-0.39, 0.29) is 0 Å². The number of aryl methyl sites for hydroxylation is 1. The zero-order valence-electron chi connectivity index (χ0n) is 10.1. The fourth-order valence-electron chi connectivity index (χ4n) is 2.29. The second-order valence-electron chi connectivity index (χ2n) is 4.41. The molecule has 2 heterocycles. The van der Waals surface area contributed by atoms with Gasteiger partial charge in [0.25, 0.3) is 0 Å². The zero-order valence-corrected chi connectivity index (χ0v) is 10.1. The standard InChI is InChI=1S/C12H16N6/c1-3-9-5-2-6-14-12(9)10(4-1)7-13-8-11-15-17-18-16-11/h1,3-4,13-14H,2,5-8H2,(H,15,16,17,18). The molecular formula is C12H16N6. The van der Waals surface area contributed by atoms with Crippen LogP contribution in [0.2, 0.25) is 0 Å². The molecule has 1 aromatic heterocycles. The molecule has 3 N–H and O–H groups in total. The maximum Gasteiger partial charge on any atom is 0.188 e. The molecule has 0 unspecified atom stereocenters. The van der Waals surface area contributed by atoms with Gasteiger partial charge in [-0.15, -0.1) is 10.2 Å². The molecule has 0 aliphatic carbocycles. The third-order valence-electron chi connectivity index (χ3n) is 3.15. The Morgan fingerprint density at radius 3 is 3.17 bits per heavy atom. The molecule has 1 aliphatic rings. The van der Waals surface area contributed by atoms with Gasteiger partial charge < -0.3 is 10.6 Å². The number of nitrogens with one attached hydrogen (secondary N) is 3. The van der Waals surface area contributed by atoms with Crippen LogP contribution in [0.1, 0.15) is 23.4 Å². The van der Waals surface area contributed by atoms with Crippen molar-refractivity contribution in [2.24, 2.45) is 0 Å². The lowest BCUT2D eigenvalue weighted by atomic mass is 9.99.